The third-order valence-corrected chi connectivity index (χ3v) is 4.99. The number of fused-ring (bicyclic) bond motifs is 1. The van der Waals surface area contributed by atoms with Crippen molar-refractivity contribution in [1.82, 2.24) is 4.90 Å². The molecule has 0 bridgehead atoms. The van der Waals surface area contributed by atoms with Gasteiger partial charge in [0.2, 0.25) is 5.91 Å². The quantitative estimate of drug-likeness (QED) is 0.850. The average molecular weight is 266 g/mol. The second-order valence-corrected chi connectivity index (χ2v) is 6.94. The smallest absolute Gasteiger partial charge is 0.226 e. The molecule has 3 atom stereocenters. The van der Waals surface area contributed by atoms with E-state index in [0.717, 1.165) is 31.3 Å². The highest BCUT2D eigenvalue weighted by Crippen LogP contribution is 2.36. The highest BCUT2D eigenvalue weighted by atomic mass is 16.2. The van der Waals surface area contributed by atoms with E-state index in [2.05, 4.69) is 18.7 Å². The fourth-order valence-electron chi connectivity index (χ4n) is 3.93. The van der Waals surface area contributed by atoms with Gasteiger partial charge in [0.05, 0.1) is 5.92 Å². The largest absolute Gasteiger partial charge is 0.342 e. The van der Waals surface area contributed by atoms with Crippen molar-refractivity contribution in [2.24, 2.45) is 29.4 Å². The molecule has 2 fully saturated rings. The Bertz CT molecular complexity index is 303. The number of amides is 1. The van der Waals surface area contributed by atoms with Gasteiger partial charge in [-0.1, -0.05) is 33.1 Å². The molecule has 19 heavy (non-hydrogen) atoms. The Morgan fingerprint density at radius 1 is 1.21 bits per heavy atom. The monoisotopic (exact) mass is 266 g/mol. The van der Waals surface area contributed by atoms with Gasteiger partial charge in [0.15, 0.2) is 0 Å². The minimum Gasteiger partial charge on any atom is -0.342 e. The van der Waals surface area contributed by atoms with Gasteiger partial charge >= 0.3 is 0 Å². The van der Waals surface area contributed by atoms with Gasteiger partial charge in [0, 0.05) is 19.6 Å². The number of likely N-dealkylation sites (tertiary alicyclic amines) is 1. The lowest BCUT2D eigenvalue weighted by Crippen LogP contribution is -2.48. The summed E-state index contributed by atoms with van der Waals surface area (Å²) in [6.07, 6.45) is 7.61. The molecule has 0 radical (unpaired) electrons. The van der Waals surface area contributed by atoms with Crippen LogP contribution in [0, 0.1) is 23.7 Å². The van der Waals surface area contributed by atoms with Crippen LogP contribution in [0.4, 0.5) is 0 Å². The van der Waals surface area contributed by atoms with Crippen molar-refractivity contribution in [3.05, 3.63) is 0 Å². The van der Waals surface area contributed by atoms with Crippen LogP contribution in [0.1, 0.15) is 52.4 Å². The van der Waals surface area contributed by atoms with Crippen molar-refractivity contribution in [2.45, 2.75) is 52.4 Å². The normalized spacial score (nSPS) is 29.2. The van der Waals surface area contributed by atoms with Crippen LogP contribution in [0.15, 0.2) is 0 Å². The number of rotatable bonds is 4. The third-order valence-electron chi connectivity index (χ3n) is 4.99. The number of nitrogens with zero attached hydrogens (tertiary/aromatic N) is 1. The minimum atomic E-state index is 0.0418. The molecule has 0 aromatic rings. The molecule has 1 saturated heterocycles. The second-order valence-electron chi connectivity index (χ2n) is 6.94. The van der Waals surface area contributed by atoms with Gasteiger partial charge in [-0.2, -0.15) is 0 Å². The summed E-state index contributed by atoms with van der Waals surface area (Å²) in [6.45, 7) is 6.81. The zero-order valence-electron chi connectivity index (χ0n) is 12.6. The molecular weight excluding hydrogens is 236 g/mol. The zero-order chi connectivity index (χ0) is 13.8. The summed E-state index contributed by atoms with van der Waals surface area (Å²) in [5.41, 5.74) is 5.81. The highest BCUT2D eigenvalue weighted by molar-refractivity contribution is 5.79. The number of piperidine rings is 1. The van der Waals surface area contributed by atoms with Crippen LogP contribution in [-0.4, -0.2) is 30.4 Å². The predicted molar refractivity (Wildman–Crippen MR) is 78.6 cm³/mol. The summed E-state index contributed by atoms with van der Waals surface area (Å²) >= 11 is 0. The molecule has 2 aliphatic rings. The maximum Gasteiger partial charge on any atom is 0.226 e. The van der Waals surface area contributed by atoms with E-state index in [1.54, 1.807) is 0 Å². The maximum atomic E-state index is 12.6. The summed E-state index contributed by atoms with van der Waals surface area (Å²) in [4.78, 5) is 14.7. The molecule has 1 aliphatic carbocycles. The minimum absolute atomic E-state index is 0.0418. The molecule has 3 nitrogen and oxygen atoms in total. The standard InChI is InChI=1S/C16H30N2O/c1-12(2)9-15(10-17)16(19)18-8-7-13-5-3-4-6-14(13)11-18/h12-15H,3-11,17H2,1-2H3. The summed E-state index contributed by atoms with van der Waals surface area (Å²) in [5.74, 6) is 2.56. The molecule has 1 heterocycles. The van der Waals surface area contributed by atoms with E-state index in [1.165, 1.54) is 32.1 Å². The lowest BCUT2D eigenvalue weighted by Gasteiger charge is -2.42. The van der Waals surface area contributed by atoms with Gasteiger partial charge < -0.3 is 10.6 Å². The fraction of sp³-hybridized carbons (Fsp3) is 0.938. The van der Waals surface area contributed by atoms with Crippen LogP contribution in [0.5, 0.6) is 0 Å². The Morgan fingerprint density at radius 3 is 2.53 bits per heavy atom. The first-order valence-electron chi connectivity index (χ1n) is 8.10. The van der Waals surface area contributed by atoms with Crippen molar-refractivity contribution in [1.29, 1.82) is 0 Å². The summed E-state index contributed by atoms with van der Waals surface area (Å²) < 4.78 is 0. The first-order chi connectivity index (χ1) is 9.11. The zero-order valence-corrected chi connectivity index (χ0v) is 12.6. The first-order valence-corrected chi connectivity index (χ1v) is 8.10. The number of carbonyl (C=O) groups excluding carboxylic acids is 1. The fourth-order valence-corrected chi connectivity index (χ4v) is 3.93. The van der Waals surface area contributed by atoms with Crippen LogP contribution >= 0.6 is 0 Å². The van der Waals surface area contributed by atoms with Crippen LogP contribution in [-0.2, 0) is 4.79 Å². The van der Waals surface area contributed by atoms with E-state index in [1.807, 2.05) is 0 Å². The van der Waals surface area contributed by atoms with E-state index in [-0.39, 0.29) is 5.92 Å². The molecule has 3 heteroatoms. The average Bonchev–Trinajstić information content (AvgIpc) is 2.43. The van der Waals surface area contributed by atoms with Gasteiger partial charge in [-0.3, -0.25) is 4.79 Å². The van der Waals surface area contributed by atoms with Crippen molar-refractivity contribution in [3.63, 3.8) is 0 Å². The lowest BCUT2D eigenvalue weighted by molar-refractivity contribution is -0.138. The molecule has 1 amide bonds. The van der Waals surface area contributed by atoms with Gasteiger partial charge in [-0.15, -0.1) is 0 Å². The Balaban J connectivity index is 1.92. The SMILES string of the molecule is CC(C)CC(CN)C(=O)N1CCC2CCCCC2C1. The highest BCUT2D eigenvalue weighted by Gasteiger charge is 2.34. The van der Waals surface area contributed by atoms with Crippen LogP contribution < -0.4 is 5.73 Å². The van der Waals surface area contributed by atoms with Crippen molar-refractivity contribution in [2.75, 3.05) is 19.6 Å². The molecule has 0 spiro atoms. The van der Waals surface area contributed by atoms with E-state index in [9.17, 15) is 4.79 Å². The van der Waals surface area contributed by atoms with E-state index < -0.39 is 0 Å². The van der Waals surface area contributed by atoms with Crippen molar-refractivity contribution >= 4 is 5.91 Å². The molecule has 2 rings (SSSR count). The van der Waals surface area contributed by atoms with Crippen molar-refractivity contribution in [3.8, 4) is 0 Å². The van der Waals surface area contributed by atoms with Gasteiger partial charge in [0.1, 0.15) is 0 Å². The maximum absolute atomic E-state index is 12.6. The van der Waals surface area contributed by atoms with Gasteiger partial charge in [0.25, 0.3) is 0 Å². The molecule has 110 valence electrons. The van der Waals surface area contributed by atoms with Crippen LogP contribution in [0.2, 0.25) is 0 Å². The third kappa shape index (κ3) is 3.71. The van der Waals surface area contributed by atoms with Gasteiger partial charge in [-0.05, 0) is 37.0 Å². The first kappa shape index (κ1) is 14.8. The number of hydrogen-bond acceptors (Lipinski definition) is 2. The number of nitrogens with two attached hydrogens (primary N) is 1. The summed E-state index contributed by atoms with van der Waals surface area (Å²) in [7, 11) is 0. The van der Waals surface area contributed by atoms with E-state index in [4.69, 9.17) is 5.73 Å². The second kappa shape index (κ2) is 6.74. The lowest BCUT2D eigenvalue weighted by atomic mass is 9.75. The Kier molecular flexibility index (Phi) is 5.26. The number of hydrogen-bond donors (Lipinski definition) is 1. The molecule has 3 unspecified atom stereocenters. The molecule has 1 aliphatic heterocycles. The molecular formula is C16H30N2O. The Labute approximate surface area is 117 Å². The summed E-state index contributed by atoms with van der Waals surface area (Å²) in [6, 6.07) is 0. The van der Waals surface area contributed by atoms with E-state index >= 15 is 0 Å². The molecule has 0 aromatic heterocycles. The molecule has 0 aromatic carbocycles. The predicted octanol–water partition coefficient (Wildman–Crippen LogP) is 2.65. The molecule has 2 N–H and O–H groups in total. The van der Waals surface area contributed by atoms with Crippen LogP contribution in [0.25, 0.3) is 0 Å². The van der Waals surface area contributed by atoms with E-state index in [0.29, 0.717) is 18.4 Å². The van der Waals surface area contributed by atoms with Crippen LogP contribution in [0.3, 0.4) is 0 Å². The summed E-state index contributed by atoms with van der Waals surface area (Å²) in [5, 5.41) is 0. The molecule has 1 saturated carbocycles. The number of carbonyl (C=O) groups is 1. The Morgan fingerprint density at radius 2 is 1.89 bits per heavy atom. The topological polar surface area (TPSA) is 46.3 Å². The Hall–Kier alpha value is -0.570. The van der Waals surface area contributed by atoms with Gasteiger partial charge in [-0.25, -0.2) is 0 Å². The van der Waals surface area contributed by atoms with Crippen molar-refractivity contribution < 1.29 is 4.79 Å².